The smallest absolute Gasteiger partial charge is 0.383 e. The molecule has 0 spiro atoms. The molecule has 7 nitrogen and oxygen atoms in total. The van der Waals surface area contributed by atoms with Crippen LogP contribution in [-0.2, 0) is 22.1 Å². The minimum atomic E-state index is -2.60. The van der Waals surface area contributed by atoms with Crippen LogP contribution in [0.1, 0.15) is 48.5 Å². The first kappa shape index (κ1) is 25.4. The normalized spacial score (nSPS) is 13.4. The quantitative estimate of drug-likeness (QED) is 0.506. The molecule has 0 aliphatic heterocycles. The summed E-state index contributed by atoms with van der Waals surface area (Å²) in [4.78, 5) is 0. The summed E-state index contributed by atoms with van der Waals surface area (Å²) < 4.78 is 27.3. The molecule has 0 amide bonds. The Kier molecular flexibility index (Phi) is 16.0. The van der Waals surface area contributed by atoms with E-state index < -0.39 is 17.5 Å². The Morgan fingerprint density at radius 1 is 0.696 bits per heavy atom. The third-order valence-electron chi connectivity index (χ3n) is 2.86. The monoisotopic (exact) mass is 370 g/mol. The SMILES string of the molecule is CCO[Si](N)(CC)OCC.CCO[Si](OCC)(OCC)C(C)N. The van der Waals surface area contributed by atoms with Crippen molar-refractivity contribution in [3.05, 3.63) is 0 Å². The molecule has 0 aromatic carbocycles. The van der Waals surface area contributed by atoms with Crippen molar-refractivity contribution in [2.24, 2.45) is 11.1 Å². The van der Waals surface area contributed by atoms with Crippen LogP contribution in [0.15, 0.2) is 0 Å². The lowest BCUT2D eigenvalue weighted by molar-refractivity contribution is 0.0640. The average molecular weight is 371 g/mol. The number of nitrogens with two attached hydrogens (primary N) is 2. The van der Waals surface area contributed by atoms with Gasteiger partial charge in [0.1, 0.15) is 0 Å². The molecule has 0 fully saturated rings. The summed E-state index contributed by atoms with van der Waals surface area (Å²) in [7, 11) is -4.82. The lowest BCUT2D eigenvalue weighted by Gasteiger charge is -2.31. The molecule has 0 rings (SSSR count). The molecule has 0 saturated heterocycles. The van der Waals surface area contributed by atoms with Gasteiger partial charge in [0.05, 0.1) is 5.67 Å². The second-order valence-corrected chi connectivity index (χ2v) is 10.6. The van der Waals surface area contributed by atoms with Crippen molar-refractivity contribution in [2.45, 2.75) is 60.2 Å². The van der Waals surface area contributed by atoms with E-state index in [0.717, 1.165) is 6.04 Å². The van der Waals surface area contributed by atoms with Crippen LogP contribution in [0, 0.1) is 0 Å². The zero-order chi connectivity index (χ0) is 18.4. The maximum atomic E-state index is 5.82. The van der Waals surface area contributed by atoms with Gasteiger partial charge >= 0.3 is 17.5 Å². The summed E-state index contributed by atoms with van der Waals surface area (Å²) in [5.41, 5.74) is 5.64. The molecule has 0 heterocycles. The Morgan fingerprint density at radius 2 is 1.00 bits per heavy atom. The second-order valence-electron chi connectivity index (χ2n) is 4.72. The molecule has 23 heavy (non-hydrogen) atoms. The van der Waals surface area contributed by atoms with Crippen molar-refractivity contribution in [2.75, 3.05) is 33.0 Å². The number of hydrogen-bond acceptors (Lipinski definition) is 7. The summed E-state index contributed by atoms with van der Waals surface area (Å²) in [6, 6.07) is 0.814. The molecule has 0 aromatic rings. The second kappa shape index (κ2) is 14.5. The zero-order valence-electron chi connectivity index (χ0n) is 16.0. The lowest BCUT2D eigenvalue weighted by atomic mass is 10.8. The minimum Gasteiger partial charge on any atom is -0.383 e. The van der Waals surface area contributed by atoms with E-state index in [0.29, 0.717) is 33.0 Å². The van der Waals surface area contributed by atoms with E-state index in [1.54, 1.807) is 0 Å². The maximum absolute atomic E-state index is 5.82. The fraction of sp³-hybridized carbons (Fsp3) is 1.00. The first-order chi connectivity index (χ1) is 10.8. The molecule has 0 radical (unpaired) electrons. The Labute approximate surface area is 144 Å². The first-order valence-corrected chi connectivity index (χ1v) is 12.5. The van der Waals surface area contributed by atoms with Crippen molar-refractivity contribution < 1.29 is 22.1 Å². The van der Waals surface area contributed by atoms with E-state index in [1.165, 1.54) is 0 Å². The summed E-state index contributed by atoms with van der Waals surface area (Å²) in [5.74, 6) is 0. The van der Waals surface area contributed by atoms with Gasteiger partial charge in [-0.15, -0.1) is 0 Å². The molecular formula is C14H38N2O5Si2. The Balaban J connectivity index is 0. The van der Waals surface area contributed by atoms with Gasteiger partial charge in [-0.3, -0.25) is 0 Å². The summed E-state index contributed by atoms with van der Waals surface area (Å²) >= 11 is 0. The zero-order valence-corrected chi connectivity index (χ0v) is 18.0. The van der Waals surface area contributed by atoms with E-state index >= 15 is 0 Å². The molecule has 0 aromatic heterocycles. The van der Waals surface area contributed by atoms with Crippen LogP contribution >= 0.6 is 0 Å². The maximum Gasteiger partial charge on any atom is 0.518 e. The molecular weight excluding hydrogens is 332 g/mol. The van der Waals surface area contributed by atoms with E-state index in [4.69, 9.17) is 33.3 Å². The predicted molar refractivity (Wildman–Crippen MR) is 98.0 cm³/mol. The third-order valence-corrected chi connectivity index (χ3v) is 8.59. The highest BCUT2D eigenvalue weighted by molar-refractivity contribution is 6.63. The van der Waals surface area contributed by atoms with Crippen molar-refractivity contribution in [1.29, 1.82) is 0 Å². The van der Waals surface area contributed by atoms with Crippen LogP contribution < -0.4 is 11.1 Å². The van der Waals surface area contributed by atoms with Crippen LogP contribution in [0.5, 0.6) is 0 Å². The van der Waals surface area contributed by atoms with E-state index in [1.807, 2.05) is 48.5 Å². The predicted octanol–water partition coefficient (Wildman–Crippen LogP) is 1.90. The van der Waals surface area contributed by atoms with Crippen LogP contribution in [0.2, 0.25) is 6.04 Å². The Bertz CT molecular complexity index is 251. The minimum absolute atomic E-state index is 0.174. The van der Waals surface area contributed by atoms with Crippen molar-refractivity contribution in [3.8, 4) is 0 Å². The van der Waals surface area contributed by atoms with Crippen molar-refractivity contribution in [3.63, 3.8) is 0 Å². The molecule has 0 saturated carbocycles. The summed E-state index contributed by atoms with van der Waals surface area (Å²) in [6.07, 6.45) is 0. The van der Waals surface area contributed by atoms with Crippen molar-refractivity contribution in [1.82, 2.24) is 0 Å². The van der Waals surface area contributed by atoms with Crippen LogP contribution in [0.25, 0.3) is 0 Å². The van der Waals surface area contributed by atoms with E-state index in [9.17, 15) is 0 Å². The lowest BCUT2D eigenvalue weighted by Crippen LogP contribution is -2.59. The van der Waals surface area contributed by atoms with Gasteiger partial charge in [0.25, 0.3) is 0 Å². The van der Waals surface area contributed by atoms with Gasteiger partial charge in [0, 0.05) is 39.1 Å². The molecule has 9 heteroatoms. The molecule has 0 aliphatic rings. The first-order valence-electron chi connectivity index (χ1n) is 8.55. The topological polar surface area (TPSA) is 98.2 Å². The Hall–Kier alpha value is 0.154. The number of hydrogen-bond donors (Lipinski definition) is 2. The van der Waals surface area contributed by atoms with Gasteiger partial charge in [-0.2, -0.15) is 0 Å². The van der Waals surface area contributed by atoms with Gasteiger partial charge in [0.2, 0.25) is 0 Å². The largest absolute Gasteiger partial charge is 0.518 e. The fourth-order valence-electron chi connectivity index (χ4n) is 1.86. The fourth-order valence-corrected chi connectivity index (χ4v) is 5.57. The van der Waals surface area contributed by atoms with Crippen LogP contribution in [-0.4, -0.2) is 56.2 Å². The highest BCUT2D eigenvalue weighted by atomic mass is 28.4. The summed E-state index contributed by atoms with van der Waals surface area (Å²) in [5, 5.41) is 5.81. The van der Waals surface area contributed by atoms with Crippen molar-refractivity contribution >= 4 is 17.5 Å². The van der Waals surface area contributed by atoms with Gasteiger partial charge in [-0.05, 0) is 41.5 Å². The van der Waals surface area contributed by atoms with Gasteiger partial charge in [-0.25, -0.2) is 0 Å². The van der Waals surface area contributed by atoms with E-state index in [-0.39, 0.29) is 5.67 Å². The van der Waals surface area contributed by atoms with Gasteiger partial charge < -0.3 is 33.3 Å². The van der Waals surface area contributed by atoms with Crippen LogP contribution in [0.3, 0.4) is 0 Å². The molecule has 0 bridgehead atoms. The average Bonchev–Trinajstić information content (AvgIpc) is 2.49. The van der Waals surface area contributed by atoms with E-state index in [2.05, 4.69) is 0 Å². The molecule has 0 aliphatic carbocycles. The van der Waals surface area contributed by atoms with Gasteiger partial charge in [-0.1, -0.05) is 6.92 Å². The highest BCUT2D eigenvalue weighted by Crippen LogP contribution is 2.13. The molecule has 142 valence electrons. The standard InChI is InChI=1S/C8H21NO3Si.C6H17NO2Si/c1-5-10-13(8(4)9,11-6-2)12-7-3;1-4-8-10(7,6-3)9-5-2/h8H,5-7,9H2,1-4H3;4-7H2,1-3H3. The molecule has 4 N–H and O–H groups in total. The molecule has 1 unspecified atom stereocenters. The third kappa shape index (κ3) is 10.6. The number of rotatable bonds is 12. The Morgan fingerprint density at radius 3 is 1.17 bits per heavy atom. The highest BCUT2D eigenvalue weighted by Gasteiger charge is 2.44. The molecule has 1 atom stereocenters. The summed E-state index contributed by atoms with van der Waals surface area (Å²) in [6.45, 7) is 16.5. The van der Waals surface area contributed by atoms with Gasteiger partial charge in [0.15, 0.2) is 0 Å². The van der Waals surface area contributed by atoms with Crippen LogP contribution in [0.4, 0.5) is 0 Å².